The molecule has 9 heteroatoms. The van der Waals surface area contributed by atoms with E-state index < -0.39 is 10.0 Å². The molecule has 0 aliphatic carbocycles. The Kier molecular flexibility index (Phi) is 6.48. The van der Waals surface area contributed by atoms with E-state index in [4.69, 9.17) is 9.72 Å². The normalized spacial score (nSPS) is 20.9. The standard InChI is InChI=1S/C26H30N4O4S/c1-18-15-30(16-19(2)34-18)35(32,33)23-11-9-20(10-12-23)26(31)27-22-7-5-6-21(14-22)24-17-29-13-4-3-8-25(29)28-24/h5-7,9-12,14,17-19H,3-4,8,13,15-16H2,1-2H3,(H,27,31)/t18-,19-/m0/s1. The third-order valence-electron chi connectivity index (χ3n) is 6.47. The van der Waals surface area contributed by atoms with E-state index in [9.17, 15) is 13.2 Å². The molecule has 5 rings (SSSR count). The fourth-order valence-electron chi connectivity index (χ4n) is 4.77. The first kappa shape index (κ1) is 23.7. The number of ether oxygens (including phenoxy) is 1. The lowest BCUT2D eigenvalue weighted by Gasteiger charge is -2.34. The third kappa shape index (κ3) is 5.03. The van der Waals surface area contributed by atoms with Crippen molar-refractivity contribution in [2.75, 3.05) is 18.4 Å². The van der Waals surface area contributed by atoms with Crippen molar-refractivity contribution in [3.63, 3.8) is 0 Å². The fourth-order valence-corrected chi connectivity index (χ4v) is 6.36. The van der Waals surface area contributed by atoms with E-state index in [0.29, 0.717) is 24.3 Å². The molecule has 3 aromatic rings. The molecule has 35 heavy (non-hydrogen) atoms. The second-order valence-electron chi connectivity index (χ2n) is 9.33. The highest BCUT2D eigenvalue weighted by Gasteiger charge is 2.32. The number of carbonyl (C=O) groups is 1. The Bertz CT molecular complexity index is 1300. The Labute approximate surface area is 206 Å². The van der Waals surface area contributed by atoms with Crippen LogP contribution in [0.4, 0.5) is 5.69 Å². The Balaban J connectivity index is 1.29. The predicted molar refractivity (Wildman–Crippen MR) is 134 cm³/mol. The van der Waals surface area contributed by atoms with Gasteiger partial charge in [0.25, 0.3) is 5.91 Å². The van der Waals surface area contributed by atoms with Gasteiger partial charge in [-0.15, -0.1) is 0 Å². The molecule has 2 aliphatic rings. The summed E-state index contributed by atoms with van der Waals surface area (Å²) in [4.78, 5) is 17.8. The van der Waals surface area contributed by atoms with Crippen molar-refractivity contribution in [1.82, 2.24) is 13.9 Å². The first-order valence-electron chi connectivity index (χ1n) is 12.0. The molecule has 0 saturated carbocycles. The van der Waals surface area contributed by atoms with Gasteiger partial charge in [-0.25, -0.2) is 13.4 Å². The number of fused-ring (bicyclic) bond motifs is 1. The minimum atomic E-state index is -3.65. The van der Waals surface area contributed by atoms with E-state index in [0.717, 1.165) is 36.5 Å². The van der Waals surface area contributed by atoms with Crippen molar-refractivity contribution in [3.05, 3.63) is 66.1 Å². The van der Waals surface area contributed by atoms with Crippen LogP contribution >= 0.6 is 0 Å². The highest BCUT2D eigenvalue weighted by atomic mass is 32.2. The summed E-state index contributed by atoms with van der Waals surface area (Å²) in [6.07, 6.45) is 5.07. The number of aromatic nitrogens is 2. The Morgan fingerprint density at radius 3 is 2.51 bits per heavy atom. The first-order valence-corrected chi connectivity index (χ1v) is 13.5. The zero-order valence-corrected chi connectivity index (χ0v) is 20.8. The molecule has 0 unspecified atom stereocenters. The fraction of sp³-hybridized carbons (Fsp3) is 0.385. The number of imidazole rings is 1. The highest BCUT2D eigenvalue weighted by molar-refractivity contribution is 7.89. The molecule has 0 radical (unpaired) electrons. The Morgan fingerprint density at radius 2 is 1.80 bits per heavy atom. The molecule has 3 heterocycles. The van der Waals surface area contributed by atoms with Crippen LogP contribution in [0.15, 0.2) is 59.6 Å². The van der Waals surface area contributed by atoms with Gasteiger partial charge in [0.2, 0.25) is 10.0 Å². The van der Waals surface area contributed by atoms with Crippen LogP contribution in [0.2, 0.25) is 0 Å². The van der Waals surface area contributed by atoms with Crippen molar-refractivity contribution in [3.8, 4) is 11.3 Å². The summed E-state index contributed by atoms with van der Waals surface area (Å²) in [5.41, 5.74) is 2.89. The molecule has 0 bridgehead atoms. The minimum absolute atomic E-state index is 0.165. The third-order valence-corrected chi connectivity index (χ3v) is 8.31. The summed E-state index contributed by atoms with van der Waals surface area (Å²) >= 11 is 0. The molecule has 2 aromatic carbocycles. The number of carbonyl (C=O) groups excluding carboxylic acids is 1. The summed E-state index contributed by atoms with van der Waals surface area (Å²) in [5.74, 6) is 0.806. The number of nitrogens with one attached hydrogen (secondary N) is 1. The average molecular weight is 495 g/mol. The number of hydrogen-bond donors (Lipinski definition) is 1. The summed E-state index contributed by atoms with van der Waals surface area (Å²) in [7, 11) is -3.65. The van der Waals surface area contributed by atoms with Gasteiger partial charge in [0.15, 0.2) is 0 Å². The topological polar surface area (TPSA) is 93.5 Å². The van der Waals surface area contributed by atoms with Crippen molar-refractivity contribution in [2.45, 2.75) is 56.8 Å². The molecule has 1 amide bonds. The maximum Gasteiger partial charge on any atom is 0.255 e. The summed E-state index contributed by atoms with van der Waals surface area (Å²) in [5, 5.41) is 2.91. The minimum Gasteiger partial charge on any atom is -0.373 e. The lowest BCUT2D eigenvalue weighted by Crippen LogP contribution is -2.48. The Morgan fingerprint density at radius 1 is 1.06 bits per heavy atom. The summed E-state index contributed by atoms with van der Waals surface area (Å²) in [6.45, 7) is 5.34. The van der Waals surface area contributed by atoms with Gasteiger partial charge in [-0.2, -0.15) is 4.31 Å². The van der Waals surface area contributed by atoms with Crippen molar-refractivity contribution >= 4 is 21.6 Å². The van der Waals surface area contributed by atoms with Gasteiger partial charge in [0.1, 0.15) is 5.82 Å². The molecule has 1 saturated heterocycles. The van der Waals surface area contributed by atoms with E-state index in [-0.39, 0.29) is 23.0 Å². The van der Waals surface area contributed by atoms with E-state index in [1.165, 1.54) is 22.9 Å². The number of sulfonamides is 1. The van der Waals surface area contributed by atoms with Gasteiger partial charge in [-0.3, -0.25) is 4.79 Å². The first-order chi connectivity index (χ1) is 16.8. The molecule has 8 nitrogen and oxygen atoms in total. The van der Waals surface area contributed by atoms with Gasteiger partial charge in [0.05, 0.1) is 22.8 Å². The number of aryl methyl sites for hydroxylation is 2. The molecular formula is C26H30N4O4S. The van der Waals surface area contributed by atoms with E-state index in [1.807, 2.05) is 38.1 Å². The number of anilines is 1. The van der Waals surface area contributed by atoms with Gasteiger partial charge >= 0.3 is 0 Å². The SMILES string of the molecule is C[C@H]1CN(S(=O)(=O)c2ccc(C(=O)Nc3cccc(-c4cn5c(n4)CCCC5)c3)cc2)C[C@H](C)O1. The van der Waals surface area contributed by atoms with Gasteiger partial charge in [0, 0.05) is 49.1 Å². The molecule has 184 valence electrons. The zero-order valence-electron chi connectivity index (χ0n) is 20.0. The van der Waals surface area contributed by atoms with Crippen LogP contribution in [0.3, 0.4) is 0 Å². The van der Waals surface area contributed by atoms with Gasteiger partial charge in [-0.05, 0) is 63.1 Å². The van der Waals surface area contributed by atoms with Crippen LogP contribution < -0.4 is 5.32 Å². The lowest BCUT2D eigenvalue weighted by atomic mass is 10.1. The maximum absolute atomic E-state index is 13.1. The predicted octanol–water partition coefficient (Wildman–Crippen LogP) is 3.94. The van der Waals surface area contributed by atoms with Crippen molar-refractivity contribution < 1.29 is 17.9 Å². The van der Waals surface area contributed by atoms with Crippen LogP contribution in [0.25, 0.3) is 11.3 Å². The van der Waals surface area contributed by atoms with Crippen molar-refractivity contribution in [1.29, 1.82) is 0 Å². The van der Waals surface area contributed by atoms with Crippen LogP contribution in [-0.4, -0.2) is 53.5 Å². The lowest BCUT2D eigenvalue weighted by molar-refractivity contribution is -0.0440. The molecule has 2 aliphatic heterocycles. The molecule has 1 N–H and O–H groups in total. The van der Waals surface area contributed by atoms with Crippen molar-refractivity contribution in [2.24, 2.45) is 0 Å². The van der Waals surface area contributed by atoms with E-state index in [1.54, 1.807) is 12.1 Å². The molecular weight excluding hydrogens is 464 g/mol. The van der Waals surface area contributed by atoms with Gasteiger partial charge < -0.3 is 14.6 Å². The monoisotopic (exact) mass is 494 g/mol. The molecule has 1 fully saturated rings. The number of benzene rings is 2. The van der Waals surface area contributed by atoms with E-state index >= 15 is 0 Å². The summed E-state index contributed by atoms with van der Waals surface area (Å²) in [6, 6.07) is 13.7. The quantitative estimate of drug-likeness (QED) is 0.580. The smallest absolute Gasteiger partial charge is 0.255 e. The van der Waals surface area contributed by atoms with Gasteiger partial charge in [-0.1, -0.05) is 12.1 Å². The largest absolute Gasteiger partial charge is 0.373 e. The highest BCUT2D eigenvalue weighted by Crippen LogP contribution is 2.26. The number of nitrogens with zero attached hydrogens (tertiary/aromatic N) is 3. The maximum atomic E-state index is 13.1. The molecule has 1 aromatic heterocycles. The number of hydrogen-bond acceptors (Lipinski definition) is 5. The van der Waals surface area contributed by atoms with E-state index in [2.05, 4.69) is 16.1 Å². The zero-order chi connectivity index (χ0) is 24.6. The average Bonchev–Trinajstić information content (AvgIpc) is 3.28. The number of morpholine rings is 1. The molecule has 2 atom stereocenters. The summed E-state index contributed by atoms with van der Waals surface area (Å²) < 4.78 is 35.4. The van der Waals surface area contributed by atoms with Crippen LogP contribution in [0.5, 0.6) is 0 Å². The van der Waals surface area contributed by atoms with Crippen LogP contribution in [0, 0.1) is 0 Å². The number of amides is 1. The van der Waals surface area contributed by atoms with Crippen LogP contribution in [-0.2, 0) is 27.7 Å². The Hall–Kier alpha value is -3.01. The second kappa shape index (κ2) is 9.56. The molecule has 0 spiro atoms. The van der Waals surface area contributed by atoms with Crippen LogP contribution in [0.1, 0.15) is 42.9 Å². The second-order valence-corrected chi connectivity index (χ2v) is 11.3. The number of rotatable bonds is 5.